The van der Waals surface area contributed by atoms with Gasteiger partial charge in [-0.05, 0) is 37.5 Å². The minimum Gasteiger partial charge on any atom is -0.493 e. The number of methoxy groups -OCH3 is 1. The highest BCUT2D eigenvalue weighted by Gasteiger charge is 2.40. The van der Waals surface area contributed by atoms with Crippen molar-refractivity contribution in [3.05, 3.63) is 29.8 Å². The van der Waals surface area contributed by atoms with Gasteiger partial charge in [-0.25, -0.2) is 0 Å². The molecule has 2 rings (SSSR count). The largest absolute Gasteiger partial charge is 0.493 e. The van der Waals surface area contributed by atoms with E-state index in [1.807, 2.05) is 31.2 Å². The van der Waals surface area contributed by atoms with Crippen LogP contribution in [0.15, 0.2) is 24.3 Å². The van der Waals surface area contributed by atoms with Gasteiger partial charge in [-0.2, -0.15) is 0 Å². The Kier molecular flexibility index (Phi) is 7.03. The molecule has 1 amide bonds. The number of carbonyl (C=O) groups is 2. The summed E-state index contributed by atoms with van der Waals surface area (Å²) in [5.74, 6) is -0.310. The van der Waals surface area contributed by atoms with Crippen molar-refractivity contribution in [2.24, 2.45) is 5.41 Å². The lowest BCUT2D eigenvalue weighted by Gasteiger charge is -2.33. The fraction of sp³-hybridized carbons (Fsp3) is 0.474. The lowest BCUT2D eigenvalue weighted by atomic mass is 9.80. The van der Waals surface area contributed by atoms with Crippen LogP contribution in [0.25, 0.3) is 6.08 Å². The normalized spacial score (nSPS) is 16.2. The molecular weight excluding hydrogens is 338 g/mol. The minimum absolute atomic E-state index is 0.0608. The Hall–Kier alpha value is -2.54. The topological polar surface area (TPSA) is 94.1 Å². The quantitative estimate of drug-likeness (QED) is 0.735. The Morgan fingerprint density at radius 1 is 1.31 bits per heavy atom. The zero-order valence-electron chi connectivity index (χ0n) is 15.1. The standard InChI is InChI=1S/C19H25NO6/c1-3-4-14-5-6-15(16(11-14)24-2)26-12-17(21)20-13-19(18(22)23)7-9-25-10-8-19/h3-6,11H,7-10,12-13H2,1-2H3,(H,20,21)(H,22,23)/b4-3+. The van der Waals surface area contributed by atoms with Gasteiger partial charge in [0.25, 0.3) is 5.91 Å². The molecule has 1 aromatic rings. The maximum Gasteiger partial charge on any atom is 0.311 e. The number of carbonyl (C=O) groups excluding carboxylic acids is 1. The van der Waals surface area contributed by atoms with Crippen LogP contribution in [0.3, 0.4) is 0 Å². The predicted octanol–water partition coefficient (Wildman–Crippen LogP) is 2.10. The number of allylic oxidation sites excluding steroid dienone is 1. The molecule has 0 aromatic heterocycles. The molecule has 0 bridgehead atoms. The number of ether oxygens (including phenoxy) is 3. The molecule has 7 heteroatoms. The van der Waals surface area contributed by atoms with Crippen LogP contribution in [0, 0.1) is 5.41 Å². The van der Waals surface area contributed by atoms with Crippen molar-refractivity contribution in [1.29, 1.82) is 0 Å². The summed E-state index contributed by atoms with van der Waals surface area (Å²) < 4.78 is 16.0. The Labute approximate surface area is 152 Å². The summed E-state index contributed by atoms with van der Waals surface area (Å²) in [6.07, 6.45) is 4.60. The molecule has 2 N–H and O–H groups in total. The van der Waals surface area contributed by atoms with Crippen LogP contribution in [0.2, 0.25) is 0 Å². The van der Waals surface area contributed by atoms with E-state index in [0.29, 0.717) is 37.6 Å². The monoisotopic (exact) mass is 363 g/mol. The first-order valence-corrected chi connectivity index (χ1v) is 8.52. The van der Waals surface area contributed by atoms with E-state index in [4.69, 9.17) is 14.2 Å². The first-order valence-electron chi connectivity index (χ1n) is 8.52. The number of carboxylic acids is 1. The van der Waals surface area contributed by atoms with Crippen LogP contribution in [0.4, 0.5) is 0 Å². The van der Waals surface area contributed by atoms with E-state index in [-0.39, 0.29) is 19.1 Å². The number of amides is 1. The second kappa shape index (κ2) is 9.24. The van der Waals surface area contributed by atoms with Crippen molar-refractivity contribution in [2.45, 2.75) is 19.8 Å². The molecule has 0 spiro atoms. The lowest BCUT2D eigenvalue weighted by Crippen LogP contribution is -2.47. The second-order valence-electron chi connectivity index (χ2n) is 6.17. The van der Waals surface area contributed by atoms with Crippen molar-refractivity contribution in [3.63, 3.8) is 0 Å². The van der Waals surface area contributed by atoms with E-state index in [0.717, 1.165) is 5.56 Å². The van der Waals surface area contributed by atoms with Crippen molar-refractivity contribution in [1.82, 2.24) is 5.32 Å². The summed E-state index contributed by atoms with van der Waals surface area (Å²) >= 11 is 0. The Bertz CT molecular complexity index is 664. The molecule has 0 radical (unpaired) electrons. The van der Waals surface area contributed by atoms with Crippen LogP contribution < -0.4 is 14.8 Å². The average Bonchev–Trinajstić information content (AvgIpc) is 2.66. The van der Waals surface area contributed by atoms with Crippen molar-refractivity contribution < 1.29 is 28.9 Å². The van der Waals surface area contributed by atoms with Crippen LogP contribution in [-0.4, -0.2) is 50.5 Å². The van der Waals surface area contributed by atoms with Gasteiger partial charge in [0.2, 0.25) is 0 Å². The van der Waals surface area contributed by atoms with Gasteiger partial charge in [-0.1, -0.05) is 18.2 Å². The zero-order chi connectivity index (χ0) is 19.0. The summed E-state index contributed by atoms with van der Waals surface area (Å²) in [4.78, 5) is 23.7. The molecule has 1 aliphatic heterocycles. The molecule has 1 fully saturated rings. The van der Waals surface area contributed by atoms with Gasteiger partial charge < -0.3 is 24.6 Å². The summed E-state index contributed by atoms with van der Waals surface area (Å²) in [6.45, 7) is 2.53. The summed E-state index contributed by atoms with van der Waals surface area (Å²) in [5.41, 5.74) is -0.0104. The average molecular weight is 363 g/mol. The van der Waals surface area contributed by atoms with Crippen LogP contribution >= 0.6 is 0 Å². The molecule has 7 nitrogen and oxygen atoms in total. The van der Waals surface area contributed by atoms with Gasteiger partial charge in [0, 0.05) is 19.8 Å². The smallest absolute Gasteiger partial charge is 0.311 e. The minimum atomic E-state index is -0.972. The molecule has 26 heavy (non-hydrogen) atoms. The van der Waals surface area contributed by atoms with Crippen molar-refractivity contribution >= 4 is 18.0 Å². The highest BCUT2D eigenvalue weighted by molar-refractivity contribution is 5.80. The number of benzene rings is 1. The molecule has 0 aliphatic carbocycles. The van der Waals surface area contributed by atoms with Crippen LogP contribution in [0.1, 0.15) is 25.3 Å². The third-order valence-corrected chi connectivity index (χ3v) is 4.43. The number of nitrogens with one attached hydrogen (secondary N) is 1. The van der Waals surface area contributed by atoms with Gasteiger partial charge in [0.1, 0.15) is 0 Å². The number of carboxylic acid groups (broad SMARTS) is 1. The summed E-state index contributed by atoms with van der Waals surface area (Å²) in [7, 11) is 1.53. The molecule has 0 unspecified atom stereocenters. The van der Waals surface area contributed by atoms with Crippen LogP contribution in [0.5, 0.6) is 11.5 Å². The molecule has 0 saturated carbocycles. The third kappa shape index (κ3) is 4.98. The summed E-state index contributed by atoms with van der Waals surface area (Å²) in [5, 5.41) is 12.1. The van der Waals surface area contributed by atoms with Crippen molar-refractivity contribution in [2.75, 3.05) is 33.5 Å². The first-order chi connectivity index (χ1) is 12.5. The van der Waals surface area contributed by atoms with E-state index < -0.39 is 11.4 Å². The highest BCUT2D eigenvalue weighted by atomic mass is 16.5. The molecule has 142 valence electrons. The van der Waals surface area contributed by atoms with Gasteiger partial charge >= 0.3 is 5.97 Å². The molecule has 0 atom stereocenters. The zero-order valence-corrected chi connectivity index (χ0v) is 15.1. The number of aliphatic carboxylic acids is 1. The Morgan fingerprint density at radius 3 is 2.65 bits per heavy atom. The molecular formula is C19H25NO6. The maximum atomic E-state index is 12.1. The van der Waals surface area contributed by atoms with Gasteiger partial charge in [-0.15, -0.1) is 0 Å². The van der Waals surface area contributed by atoms with E-state index in [2.05, 4.69) is 5.32 Å². The molecule has 1 heterocycles. The Balaban J connectivity index is 1.91. The van der Waals surface area contributed by atoms with Crippen molar-refractivity contribution in [3.8, 4) is 11.5 Å². The van der Waals surface area contributed by atoms with Gasteiger partial charge in [-0.3, -0.25) is 9.59 Å². The Morgan fingerprint density at radius 2 is 2.04 bits per heavy atom. The number of hydrogen-bond donors (Lipinski definition) is 2. The second-order valence-corrected chi connectivity index (χ2v) is 6.17. The number of hydrogen-bond acceptors (Lipinski definition) is 5. The third-order valence-electron chi connectivity index (χ3n) is 4.43. The molecule has 1 aromatic carbocycles. The van der Waals surface area contributed by atoms with E-state index in [1.54, 1.807) is 6.07 Å². The lowest BCUT2D eigenvalue weighted by molar-refractivity contribution is -0.154. The van der Waals surface area contributed by atoms with Gasteiger partial charge in [0.05, 0.1) is 12.5 Å². The highest BCUT2D eigenvalue weighted by Crippen LogP contribution is 2.30. The van der Waals surface area contributed by atoms with E-state index in [9.17, 15) is 14.7 Å². The van der Waals surface area contributed by atoms with Crippen LogP contribution in [-0.2, 0) is 14.3 Å². The SMILES string of the molecule is C/C=C/c1ccc(OCC(=O)NCC2(C(=O)O)CCOCC2)c(OC)c1. The maximum absolute atomic E-state index is 12.1. The first kappa shape index (κ1) is 19.8. The number of rotatable bonds is 8. The predicted molar refractivity (Wildman–Crippen MR) is 96.3 cm³/mol. The molecule has 1 saturated heterocycles. The van der Waals surface area contributed by atoms with Gasteiger partial charge in [0.15, 0.2) is 18.1 Å². The van der Waals surface area contributed by atoms with E-state index in [1.165, 1.54) is 7.11 Å². The fourth-order valence-corrected chi connectivity index (χ4v) is 2.79. The van der Waals surface area contributed by atoms with E-state index >= 15 is 0 Å². The molecule has 1 aliphatic rings. The summed E-state index contributed by atoms with van der Waals surface area (Å²) in [6, 6.07) is 5.41. The fourth-order valence-electron chi connectivity index (χ4n) is 2.79.